The number of para-hydroxylation sites is 1. The van der Waals surface area contributed by atoms with E-state index in [4.69, 9.17) is 0 Å². The number of carbonyl (C=O) groups excluding carboxylic acids is 2. The first-order valence-corrected chi connectivity index (χ1v) is 11.4. The summed E-state index contributed by atoms with van der Waals surface area (Å²) in [6, 6.07) is 9.34. The second-order valence-electron chi connectivity index (χ2n) is 7.81. The van der Waals surface area contributed by atoms with Crippen LogP contribution in [0.2, 0.25) is 0 Å². The summed E-state index contributed by atoms with van der Waals surface area (Å²) in [4.78, 5) is 31.4. The van der Waals surface area contributed by atoms with E-state index in [9.17, 15) is 9.59 Å². The highest BCUT2D eigenvalue weighted by Crippen LogP contribution is 2.16. The maximum Gasteiger partial charge on any atom is 0.286 e. The number of hydrogen-bond acceptors (Lipinski definition) is 7. The van der Waals surface area contributed by atoms with Gasteiger partial charge in [0, 0.05) is 45.0 Å². The largest absolute Gasteiger partial charge is 0.342 e. The van der Waals surface area contributed by atoms with Crippen LogP contribution in [0, 0.1) is 0 Å². The number of hydrogen-bond donors (Lipinski definition) is 1. The van der Waals surface area contributed by atoms with Crippen molar-refractivity contribution in [2.24, 2.45) is 0 Å². The van der Waals surface area contributed by atoms with Crippen LogP contribution in [0.25, 0.3) is 0 Å². The molecule has 2 aromatic rings. The van der Waals surface area contributed by atoms with Crippen molar-refractivity contribution >= 4 is 28.8 Å². The molecule has 0 unspecified atom stereocenters. The van der Waals surface area contributed by atoms with Crippen molar-refractivity contribution in [2.45, 2.75) is 25.8 Å². The van der Waals surface area contributed by atoms with Crippen molar-refractivity contribution in [1.82, 2.24) is 24.9 Å². The van der Waals surface area contributed by atoms with Crippen LogP contribution in [0.1, 0.15) is 34.1 Å². The lowest BCUT2D eigenvalue weighted by atomic mass is 10.1. The van der Waals surface area contributed by atoms with E-state index < -0.39 is 0 Å². The van der Waals surface area contributed by atoms with Gasteiger partial charge >= 0.3 is 0 Å². The maximum atomic E-state index is 12.5. The quantitative estimate of drug-likeness (QED) is 0.757. The van der Waals surface area contributed by atoms with E-state index in [1.165, 1.54) is 17.8 Å². The molecule has 0 atom stereocenters. The minimum Gasteiger partial charge on any atom is -0.342 e. The Balaban J connectivity index is 1.21. The predicted molar refractivity (Wildman–Crippen MR) is 116 cm³/mol. The molecule has 8 nitrogen and oxygen atoms in total. The molecular weight excluding hydrogens is 400 g/mol. The van der Waals surface area contributed by atoms with Crippen molar-refractivity contribution in [3.05, 3.63) is 40.3 Å². The third-order valence-corrected chi connectivity index (χ3v) is 6.49. The van der Waals surface area contributed by atoms with E-state index in [0.29, 0.717) is 18.1 Å². The van der Waals surface area contributed by atoms with Gasteiger partial charge in [0.1, 0.15) is 5.01 Å². The smallest absolute Gasteiger partial charge is 0.286 e. The van der Waals surface area contributed by atoms with Gasteiger partial charge in [0.2, 0.25) is 10.9 Å². The molecule has 1 aromatic carbocycles. The number of carbonyl (C=O) groups is 2. The number of benzene rings is 1. The predicted octanol–water partition coefficient (Wildman–Crippen LogP) is 1.92. The number of aromatic nitrogens is 2. The van der Waals surface area contributed by atoms with Gasteiger partial charge in [-0.2, -0.15) is 0 Å². The van der Waals surface area contributed by atoms with Gasteiger partial charge in [0.05, 0.1) is 13.1 Å². The Morgan fingerprint density at radius 3 is 2.33 bits per heavy atom. The Hall–Kier alpha value is -2.36. The highest BCUT2D eigenvalue weighted by molar-refractivity contribution is 7.13. The Kier molecular flexibility index (Phi) is 7.03. The number of rotatable bonds is 6. The van der Waals surface area contributed by atoms with Crippen LogP contribution >= 0.6 is 11.3 Å². The molecule has 160 valence electrons. The molecule has 9 heteroatoms. The Morgan fingerprint density at radius 2 is 1.60 bits per heavy atom. The van der Waals surface area contributed by atoms with E-state index in [1.54, 1.807) is 0 Å². The average molecular weight is 429 g/mol. The molecule has 0 radical (unpaired) electrons. The molecule has 3 heterocycles. The maximum absolute atomic E-state index is 12.5. The van der Waals surface area contributed by atoms with Crippen LogP contribution in [0.5, 0.6) is 0 Å². The SMILES string of the molecule is O=C(Nc1ccccc1)c1nnc(CN2CCN(CC(=O)N3CCCCC3)CC2)s1. The number of piperazine rings is 1. The van der Waals surface area contributed by atoms with Crippen LogP contribution in [0.15, 0.2) is 30.3 Å². The van der Waals surface area contributed by atoms with Gasteiger partial charge in [0.25, 0.3) is 5.91 Å². The van der Waals surface area contributed by atoms with Crippen LogP contribution < -0.4 is 5.32 Å². The second-order valence-corrected chi connectivity index (χ2v) is 8.88. The Bertz CT molecular complexity index is 844. The molecule has 2 aliphatic heterocycles. The topological polar surface area (TPSA) is 81.7 Å². The fourth-order valence-electron chi connectivity index (χ4n) is 3.85. The summed E-state index contributed by atoms with van der Waals surface area (Å²) < 4.78 is 0. The molecule has 0 bridgehead atoms. The molecule has 2 saturated heterocycles. The summed E-state index contributed by atoms with van der Waals surface area (Å²) in [5.41, 5.74) is 0.745. The van der Waals surface area contributed by atoms with E-state index >= 15 is 0 Å². The van der Waals surface area contributed by atoms with Crippen molar-refractivity contribution in [3.63, 3.8) is 0 Å². The number of anilines is 1. The van der Waals surface area contributed by atoms with Crippen molar-refractivity contribution in [2.75, 3.05) is 51.1 Å². The van der Waals surface area contributed by atoms with E-state index in [0.717, 1.165) is 62.8 Å². The van der Waals surface area contributed by atoms with Crippen LogP contribution in [-0.2, 0) is 11.3 Å². The molecule has 30 heavy (non-hydrogen) atoms. The highest BCUT2D eigenvalue weighted by Gasteiger charge is 2.23. The zero-order chi connectivity index (χ0) is 20.8. The van der Waals surface area contributed by atoms with Gasteiger partial charge < -0.3 is 10.2 Å². The molecule has 0 spiro atoms. The molecule has 4 rings (SSSR count). The van der Waals surface area contributed by atoms with E-state index in [-0.39, 0.29) is 11.8 Å². The zero-order valence-corrected chi connectivity index (χ0v) is 17.9. The van der Waals surface area contributed by atoms with Crippen molar-refractivity contribution in [3.8, 4) is 0 Å². The molecule has 0 aliphatic carbocycles. The van der Waals surface area contributed by atoms with Crippen LogP contribution in [0.4, 0.5) is 5.69 Å². The van der Waals surface area contributed by atoms with Crippen LogP contribution in [0.3, 0.4) is 0 Å². The minimum atomic E-state index is -0.231. The third-order valence-electron chi connectivity index (χ3n) is 5.58. The summed E-state index contributed by atoms with van der Waals surface area (Å²) in [5, 5.41) is 12.3. The van der Waals surface area contributed by atoms with Gasteiger partial charge in [-0.15, -0.1) is 10.2 Å². The molecule has 2 amide bonds. The third kappa shape index (κ3) is 5.62. The van der Waals surface area contributed by atoms with Gasteiger partial charge in [0.15, 0.2) is 0 Å². The Morgan fingerprint density at radius 1 is 0.900 bits per heavy atom. The van der Waals surface area contributed by atoms with E-state index in [2.05, 4.69) is 25.3 Å². The first-order valence-electron chi connectivity index (χ1n) is 10.6. The lowest BCUT2D eigenvalue weighted by molar-refractivity contribution is -0.133. The van der Waals surface area contributed by atoms with Gasteiger partial charge in [-0.1, -0.05) is 29.5 Å². The van der Waals surface area contributed by atoms with E-state index in [1.807, 2.05) is 35.2 Å². The standard InChI is InChI=1S/C21H28N6O2S/c28-19(27-9-5-2-6-10-27)16-26-13-11-25(12-14-26)15-18-23-24-21(30-18)20(29)22-17-7-3-1-4-8-17/h1,3-4,7-8H,2,5-6,9-16H2,(H,22,29). The zero-order valence-electron chi connectivity index (χ0n) is 17.1. The fraction of sp³-hybridized carbons (Fsp3) is 0.524. The van der Waals surface area contributed by atoms with Gasteiger partial charge in [-0.05, 0) is 31.4 Å². The number of nitrogens with zero attached hydrogens (tertiary/aromatic N) is 5. The normalized spacial score (nSPS) is 18.3. The monoisotopic (exact) mass is 428 g/mol. The summed E-state index contributed by atoms with van der Waals surface area (Å²) >= 11 is 1.33. The number of amides is 2. The first-order chi connectivity index (χ1) is 14.7. The highest BCUT2D eigenvalue weighted by atomic mass is 32.1. The molecule has 2 fully saturated rings. The van der Waals surface area contributed by atoms with Gasteiger partial charge in [-0.25, -0.2) is 0 Å². The number of likely N-dealkylation sites (tertiary alicyclic amines) is 1. The average Bonchev–Trinajstić information content (AvgIpc) is 3.25. The first kappa shape index (κ1) is 20.9. The molecule has 1 N–H and O–H groups in total. The summed E-state index contributed by atoms with van der Waals surface area (Å²) in [5.74, 6) is 0.0346. The lowest BCUT2D eigenvalue weighted by Gasteiger charge is -2.35. The molecule has 0 saturated carbocycles. The van der Waals surface area contributed by atoms with Gasteiger partial charge in [-0.3, -0.25) is 19.4 Å². The second kappa shape index (κ2) is 10.1. The Labute approximate surface area is 180 Å². The van der Waals surface area contributed by atoms with Crippen LogP contribution in [-0.4, -0.2) is 82.5 Å². The molecule has 2 aliphatic rings. The molecular formula is C21H28N6O2S. The summed E-state index contributed by atoms with van der Waals surface area (Å²) in [7, 11) is 0. The summed E-state index contributed by atoms with van der Waals surface area (Å²) in [6.07, 6.45) is 3.50. The minimum absolute atomic E-state index is 0.231. The van der Waals surface area contributed by atoms with Crippen molar-refractivity contribution in [1.29, 1.82) is 0 Å². The number of piperidine rings is 1. The summed E-state index contributed by atoms with van der Waals surface area (Å²) in [6.45, 7) is 6.56. The molecule has 1 aromatic heterocycles. The fourth-order valence-corrected chi connectivity index (χ4v) is 4.62. The van der Waals surface area contributed by atoms with Crippen molar-refractivity contribution < 1.29 is 9.59 Å². The number of nitrogens with one attached hydrogen (secondary N) is 1. The lowest BCUT2D eigenvalue weighted by Crippen LogP contribution is -2.50.